The van der Waals surface area contributed by atoms with E-state index in [0.717, 1.165) is 6.42 Å². The zero-order chi connectivity index (χ0) is 16.1. The zero-order valence-electron chi connectivity index (χ0n) is 13.3. The zero-order valence-corrected chi connectivity index (χ0v) is 14.0. The Morgan fingerprint density at radius 2 is 1.82 bits per heavy atom. The Bertz CT molecular complexity index is 526. The lowest BCUT2D eigenvalue weighted by Crippen LogP contribution is -2.43. The van der Waals surface area contributed by atoms with Gasteiger partial charge in [-0.15, -0.1) is 0 Å². The highest BCUT2D eigenvalue weighted by Gasteiger charge is 2.28. The van der Waals surface area contributed by atoms with E-state index in [-0.39, 0.29) is 30.6 Å². The highest BCUT2D eigenvalue weighted by Crippen LogP contribution is 2.29. The van der Waals surface area contributed by atoms with Crippen LogP contribution in [0.15, 0.2) is 24.3 Å². The second-order valence-electron chi connectivity index (χ2n) is 6.37. The van der Waals surface area contributed by atoms with Gasteiger partial charge in [-0.3, -0.25) is 9.59 Å². The van der Waals surface area contributed by atoms with Crippen LogP contribution in [-0.2, 0) is 4.79 Å². The van der Waals surface area contributed by atoms with E-state index in [2.05, 4.69) is 19.2 Å². The molecule has 1 aliphatic rings. The van der Waals surface area contributed by atoms with Gasteiger partial charge in [0.25, 0.3) is 0 Å². The lowest BCUT2D eigenvalue weighted by molar-refractivity contribution is -0.122. The van der Waals surface area contributed by atoms with Crippen molar-refractivity contribution in [3.8, 4) is 0 Å². The van der Waals surface area contributed by atoms with Gasteiger partial charge in [0.15, 0.2) is 5.78 Å². The summed E-state index contributed by atoms with van der Waals surface area (Å²) in [4.78, 5) is 24.1. The maximum Gasteiger partial charge on any atom is 0.220 e. The van der Waals surface area contributed by atoms with Crippen LogP contribution in [0, 0.1) is 11.8 Å². The summed E-state index contributed by atoms with van der Waals surface area (Å²) >= 11 is 5.80. The Labute approximate surface area is 137 Å². The average molecular weight is 322 g/mol. The fraction of sp³-hybridized carbons (Fsp3) is 0.556. The summed E-state index contributed by atoms with van der Waals surface area (Å²) in [6, 6.07) is 7.04. The van der Waals surface area contributed by atoms with Crippen LogP contribution >= 0.6 is 11.6 Å². The van der Waals surface area contributed by atoms with Crippen molar-refractivity contribution in [1.82, 2.24) is 5.32 Å². The Balaban J connectivity index is 1.80. The van der Waals surface area contributed by atoms with Gasteiger partial charge in [-0.2, -0.15) is 0 Å². The Kier molecular flexibility index (Phi) is 6.01. The molecule has 1 amide bonds. The van der Waals surface area contributed by atoms with Gasteiger partial charge in [-0.25, -0.2) is 0 Å². The molecule has 1 aromatic carbocycles. The predicted molar refractivity (Wildman–Crippen MR) is 89.1 cm³/mol. The number of ketones is 1. The number of carbonyl (C=O) groups is 2. The van der Waals surface area contributed by atoms with Crippen molar-refractivity contribution in [2.45, 2.75) is 52.0 Å². The number of benzene rings is 1. The smallest absolute Gasteiger partial charge is 0.220 e. The summed E-state index contributed by atoms with van der Waals surface area (Å²) in [6.07, 6.45) is 3.94. The first-order chi connectivity index (χ1) is 10.5. The van der Waals surface area contributed by atoms with E-state index in [4.69, 9.17) is 11.6 Å². The standard InChI is InChI=1S/C18H24ClNO2/c1-12-4-3-5-16(13(12)2)20-18(22)11-10-17(21)14-6-8-15(19)9-7-14/h6-9,12-13,16H,3-5,10-11H2,1-2H3,(H,20,22). The number of hydrogen-bond acceptors (Lipinski definition) is 2. The Hall–Kier alpha value is -1.35. The minimum atomic E-state index is -0.0201. The van der Waals surface area contributed by atoms with E-state index >= 15 is 0 Å². The van der Waals surface area contributed by atoms with Crippen LogP contribution in [0.3, 0.4) is 0 Å². The fourth-order valence-electron chi connectivity index (χ4n) is 3.07. The molecule has 0 heterocycles. The third kappa shape index (κ3) is 4.57. The summed E-state index contributed by atoms with van der Waals surface area (Å²) in [5.74, 6) is 1.12. The molecule has 0 aliphatic heterocycles. The SMILES string of the molecule is CC1CCCC(NC(=O)CCC(=O)c2ccc(Cl)cc2)C1C. The molecule has 3 atom stereocenters. The van der Waals surface area contributed by atoms with Crippen LogP contribution in [0.25, 0.3) is 0 Å². The highest BCUT2D eigenvalue weighted by atomic mass is 35.5. The molecule has 4 heteroatoms. The number of rotatable bonds is 5. The molecular weight excluding hydrogens is 298 g/mol. The molecule has 3 nitrogen and oxygen atoms in total. The number of carbonyl (C=O) groups excluding carboxylic acids is 2. The number of hydrogen-bond donors (Lipinski definition) is 1. The van der Waals surface area contributed by atoms with Crippen molar-refractivity contribution in [3.63, 3.8) is 0 Å². The first-order valence-electron chi connectivity index (χ1n) is 8.05. The minimum Gasteiger partial charge on any atom is -0.353 e. The molecule has 1 saturated carbocycles. The molecule has 0 spiro atoms. The van der Waals surface area contributed by atoms with Crippen molar-refractivity contribution in [2.75, 3.05) is 0 Å². The van der Waals surface area contributed by atoms with E-state index in [9.17, 15) is 9.59 Å². The minimum absolute atomic E-state index is 0.0168. The molecule has 0 saturated heterocycles. The van der Waals surface area contributed by atoms with E-state index in [0.29, 0.717) is 22.4 Å². The van der Waals surface area contributed by atoms with Crippen molar-refractivity contribution in [1.29, 1.82) is 0 Å². The molecule has 1 N–H and O–H groups in total. The van der Waals surface area contributed by atoms with Gasteiger partial charge >= 0.3 is 0 Å². The Morgan fingerprint density at radius 1 is 1.14 bits per heavy atom. The molecule has 0 radical (unpaired) electrons. The van der Waals surface area contributed by atoms with Crippen molar-refractivity contribution >= 4 is 23.3 Å². The van der Waals surface area contributed by atoms with Gasteiger partial charge in [0.1, 0.15) is 0 Å². The molecule has 2 rings (SSSR count). The summed E-state index contributed by atoms with van der Waals surface area (Å²) in [5.41, 5.74) is 0.608. The monoisotopic (exact) mass is 321 g/mol. The average Bonchev–Trinajstić information content (AvgIpc) is 2.50. The summed E-state index contributed by atoms with van der Waals surface area (Å²) < 4.78 is 0. The lowest BCUT2D eigenvalue weighted by atomic mass is 9.78. The molecule has 0 bridgehead atoms. The van der Waals surface area contributed by atoms with Gasteiger partial charge in [-0.1, -0.05) is 38.3 Å². The van der Waals surface area contributed by atoms with Crippen LogP contribution in [0.2, 0.25) is 5.02 Å². The van der Waals surface area contributed by atoms with Crippen LogP contribution in [-0.4, -0.2) is 17.7 Å². The quantitative estimate of drug-likeness (QED) is 0.824. The van der Waals surface area contributed by atoms with Gasteiger partial charge in [-0.05, 0) is 42.5 Å². The van der Waals surface area contributed by atoms with E-state index in [1.54, 1.807) is 24.3 Å². The van der Waals surface area contributed by atoms with Crippen molar-refractivity contribution in [3.05, 3.63) is 34.9 Å². The maximum absolute atomic E-state index is 12.1. The van der Waals surface area contributed by atoms with Gasteiger partial charge in [0.05, 0.1) is 0 Å². The Morgan fingerprint density at radius 3 is 2.50 bits per heavy atom. The molecule has 0 aromatic heterocycles. The van der Waals surface area contributed by atoms with Crippen LogP contribution < -0.4 is 5.32 Å². The molecule has 22 heavy (non-hydrogen) atoms. The number of nitrogens with one attached hydrogen (secondary N) is 1. The lowest BCUT2D eigenvalue weighted by Gasteiger charge is -2.34. The van der Waals surface area contributed by atoms with E-state index in [1.165, 1.54) is 12.8 Å². The van der Waals surface area contributed by atoms with E-state index in [1.807, 2.05) is 0 Å². The summed E-state index contributed by atoms with van der Waals surface area (Å²) in [7, 11) is 0. The third-order valence-electron chi connectivity index (χ3n) is 4.80. The number of amides is 1. The molecular formula is C18H24ClNO2. The van der Waals surface area contributed by atoms with Crippen molar-refractivity contribution < 1.29 is 9.59 Å². The first-order valence-corrected chi connectivity index (χ1v) is 8.43. The molecule has 1 aliphatic carbocycles. The molecule has 1 fully saturated rings. The van der Waals surface area contributed by atoms with Crippen LogP contribution in [0.1, 0.15) is 56.3 Å². The maximum atomic E-state index is 12.1. The molecule has 120 valence electrons. The number of Topliss-reactive ketones (excluding diaryl/α,β-unsaturated/α-hetero) is 1. The van der Waals surface area contributed by atoms with Gasteiger partial charge in [0, 0.05) is 29.5 Å². The summed E-state index contributed by atoms with van der Waals surface area (Å²) in [5, 5.41) is 3.71. The third-order valence-corrected chi connectivity index (χ3v) is 5.05. The van der Waals surface area contributed by atoms with Crippen LogP contribution in [0.4, 0.5) is 0 Å². The predicted octanol–water partition coefficient (Wildman–Crippen LogP) is 4.24. The van der Waals surface area contributed by atoms with Crippen LogP contribution in [0.5, 0.6) is 0 Å². The largest absolute Gasteiger partial charge is 0.353 e. The fourth-order valence-corrected chi connectivity index (χ4v) is 3.20. The van der Waals surface area contributed by atoms with Gasteiger partial charge < -0.3 is 5.32 Å². The second-order valence-corrected chi connectivity index (χ2v) is 6.81. The number of halogens is 1. The topological polar surface area (TPSA) is 46.2 Å². The summed E-state index contributed by atoms with van der Waals surface area (Å²) in [6.45, 7) is 4.45. The van der Waals surface area contributed by atoms with E-state index < -0.39 is 0 Å². The van der Waals surface area contributed by atoms with Gasteiger partial charge in [0.2, 0.25) is 5.91 Å². The first kappa shape index (κ1) is 17.0. The van der Waals surface area contributed by atoms with Crippen molar-refractivity contribution in [2.24, 2.45) is 11.8 Å². The molecule has 3 unspecified atom stereocenters. The normalized spacial score (nSPS) is 24.8. The molecule has 1 aromatic rings. The second kappa shape index (κ2) is 7.77. The highest BCUT2D eigenvalue weighted by molar-refractivity contribution is 6.30.